The molecule has 0 radical (unpaired) electrons. The van der Waals surface area contributed by atoms with Crippen molar-refractivity contribution in [3.63, 3.8) is 0 Å². The van der Waals surface area contributed by atoms with E-state index in [1.165, 1.54) is 44.9 Å². The minimum Gasteiger partial charge on any atom is -0.0845 e. The zero-order valence-corrected chi connectivity index (χ0v) is 16.3. The Morgan fingerprint density at radius 2 is 1.77 bits per heavy atom. The normalized spacial score (nSPS) is 43.1. The zero-order valence-electron chi connectivity index (χ0n) is 16.3. The Balaban J connectivity index is 0.000000847. The topological polar surface area (TPSA) is 0 Å². The van der Waals surface area contributed by atoms with Gasteiger partial charge in [0.15, 0.2) is 0 Å². The Kier molecular flexibility index (Phi) is 5.50. The van der Waals surface area contributed by atoms with Crippen molar-refractivity contribution in [1.82, 2.24) is 0 Å². The maximum atomic E-state index is 2.68. The van der Waals surface area contributed by atoms with E-state index in [0.717, 1.165) is 23.7 Å². The number of rotatable bonds is 1. The molecule has 0 bridgehead atoms. The van der Waals surface area contributed by atoms with Gasteiger partial charge in [0.2, 0.25) is 0 Å². The molecule has 0 heterocycles. The molecule has 0 aliphatic heterocycles. The molecule has 0 aromatic carbocycles. The molecule has 0 N–H and O–H groups in total. The van der Waals surface area contributed by atoms with Crippen molar-refractivity contribution in [3.8, 4) is 0 Å². The molecule has 22 heavy (non-hydrogen) atoms. The lowest BCUT2D eigenvalue weighted by Crippen LogP contribution is -2.49. The highest BCUT2D eigenvalue weighted by molar-refractivity contribution is 5.24. The Morgan fingerprint density at radius 1 is 1.09 bits per heavy atom. The van der Waals surface area contributed by atoms with Gasteiger partial charge < -0.3 is 0 Å². The highest BCUT2D eigenvalue weighted by atomic mass is 14.6. The van der Waals surface area contributed by atoms with Crippen molar-refractivity contribution in [2.24, 2.45) is 34.5 Å². The van der Waals surface area contributed by atoms with E-state index in [1.54, 1.807) is 0 Å². The summed E-state index contributed by atoms with van der Waals surface area (Å²) in [6.45, 7) is 16.6. The molecular weight excluding hydrogens is 264 g/mol. The van der Waals surface area contributed by atoms with Crippen LogP contribution in [0.15, 0.2) is 11.6 Å². The van der Waals surface area contributed by atoms with E-state index in [4.69, 9.17) is 0 Å². The first-order valence-electron chi connectivity index (χ1n) is 10.1. The van der Waals surface area contributed by atoms with Crippen molar-refractivity contribution >= 4 is 0 Å². The second-order valence-electron chi connectivity index (χ2n) is 9.04. The third-order valence-corrected chi connectivity index (χ3v) is 7.49. The van der Waals surface area contributed by atoms with Gasteiger partial charge in [-0.25, -0.2) is 0 Å². The van der Waals surface area contributed by atoms with Crippen LogP contribution < -0.4 is 0 Å². The van der Waals surface area contributed by atoms with Crippen LogP contribution in [0.3, 0.4) is 0 Å². The number of hydrogen-bond acceptors (Lipinski definition) is 0. The molecule has 5 atom stereocenters. The summed E-state index contributed by atoms with van der Waals surface area (Å²) in [4.78, 5) is 0. The van der Waals surface area contributed by atoms with E-state index in [0.29, 0.717) is 10.8 Å². The van der Waals surface area contributed by atoms with E-state index in [-0.39, 0.29) is 0 Å². The number of allylic oxidation sites excluding steroid dienone is 2. The first-order chi connectivity index (χ1) is 10.4. The van der Waals surface area contributed by atoms with E-state index in [1.807, 2.05) is 19.4 Å². The summed E-state index contributed by atoms with van der Waals surface area (Å²) in [5, 5.41) is 0. The quantitative estimate of drug-likeness (QED) is 0.448. The second-order valence-corrected chi connectivity index (χ2v) is 9.04. The Hall–Kier alpha value is -0.260. The maximum Gasteiger partial charge on any atom is -0.00851 e. The summed E-state index contributed by atoms with van der Waals surface area (Å²) in [5.74, 6) is 3.81. The standard InChI is InChI=1S/C20H34.C2H6/c1-6-17-16-8-7-15-13-14(2)9-12-20(15,5)18(16)10-11-19(17,3)4;1-2/h7,14,16-18H,6,8-13H2,1-5H3;1-2H3/t14-,16?,17?,18?,20?;/m0./s1. The summed E-state index contributed by atoms with van der Waals surface area (Å²) in [6, 6.07) is 0. The van der Waals surface area contributed by atoms with E-state index in [9.17, 15) is 0 Å². The van der Waals surface area contributed by atoms with Crippen LogP contribution in [0.4, 0.5) is 0 Å². The highest BCUT2D eigenvalue weighted by Gasteiger charge is 2.52. The first-order valence-corrected chi connectivity index (χ1v) is 10.1. The van der Waals surface area contributed by atoms with Gasteiger partial charge >= 0.3 is 0 Å². The lowest BCUT2D eigenvalue weighted by atomic mass is 9.47. The molecule has 0 spiro atoms. The largest absolute Gasteiger partial charge is 0.0845 e. The zero-order chi connectivity index (χ0) is 16.5. The van der Waals surface area contributed by atoms with Gasteiger partial charge in [0.1, 0.15) is 0 Å². The smallest absolute Gasteiger partial charge is 0.00851 e. The van der Waals surface area contributed by atoms with Gasteiger partial charge in [0.05, 0.1) is 0 Å². The summed E-state index contributed by atoms with van der Waals surface area (Å²) < 4.78 is 0. The fraction of sp³-hybridized carbons (Fsp3) is 0.909. The Morgan fingerprint density at radius 3 is 2.41 bits per heavy atom. The summed E-state index contributed by atoms with van der Waals surface area (Å²) in [6.07, 6.45) is 12.7. The van der Waals surface area contributed by atoms with E-state index < -0.39 is 0 Å². The molecule has 2 fully saturated rings. The summed E-state index contributed by atoms with van der Waals surface area (Å²) in [7, 11) is 0. The molecule has 128 valence electrons. The van der Waals surface area contributed by atoms with E-state index in [2.05, 4.69) is 40.7 Å². The summed E-state index contributed by atoms with van der Waals surface area (Å²) in [5.41, 5.74) is 2.96. The molecule has 3 aliphatic rings. The van der Waals surface area contributed by atoms with Crippen LogP contribution in [0.1, 0.15) is 93.4 Å². The van der Waals surface area contributed by atoms with Gasteiger partial charge in [0.25, 0.3) is 0 Å². The molecule has 2 saturated carbocycles. The predicted molar refractivity (Wildman–Crippen MR) is 98.9 cm³/mol. The molecule has 0 heteroatoms. The number of fused-ring (bicyclic) bond motifs is 3. The van der Waals surface area contributed by atoms with Crippen molar-refractivity contribution < 1.29 is 0 Å². The second kappa shape index (κ2) is 6.70. The van der Waals surface area contributed by atoms with Crippen molar-refractivity contribution in [1.29, 1.82) is 0 Å². The molecule has 0 nitrogen and oxygen atoms in total. The van der Waals surface area contributed by atoms with Crippen molar-refractivity contribution in [2.45, 2.75) is 93.4 Å². The van der Waals surface area contributed by atoms with Gasteiger partial charge in [-0.15, -0.1) is 0 Å². The van der Waals surface area contributed by atoms with Gasteiger partial charge in [-0.05, 0) is 73.0 Å². The monoisotopic (exact) mass is 304 g/mol. The lowest BCUT2D eigenvalue weighted by molar-refractivity contribution is -0.0376. The fourth-order valence-electron chi connectivity index (χ4n) is 6.20. The molecule has 0 saturated heterocycles. The summed E-state index contributed by atoms with van der Waals surface area (Å²) >= 11 is 0. The first kappa shape index (κ1) is 18.1. The van der Waals surface area contributed by atoms with Gasteiger partial charge in [-0.3, -0.25) is 0 Å². The fourth-order valence-corrected chi connectivity index (χ4v) is 6.20. The third kappa shape index (κ3) is 2.92. The highest BCUT2D eigenvalue weighted by Crippen LogP contribution is 2.62. The number of hydrogen-bond donors (Lipinski definition) is 0. The molecule has 3 rings (SSSR count). The van der Waals surface area contributed by atoms with Crippen LogP contribution >= 0.6 is 0 Å². The van der Waals surface area contributed by atoms with Crippen molar-refractivity contribution in [2.75, 3.05) is 0 Å². The maximum absolute atomic E-state index is 2.68. The predicted octanol–water partition coefficient (Wildman–Crippen LogP) is 7.25. The Bertz CT molecular complexity index is 402. The van der Waals surface area contributed by atoms with Gasteiger partial charge in [-0.2, -0.15) is 0 Å². The lowest BCUT2D eigenvalue weighted by Gasteiger charge is -2.58. The van der Waals surface area contributed by atoms with Crippen LogP contribution in [-0.4, -0.2) is 0 Å². The Labute approximate surface area is 140 Å². The average molecular weight is 305 g/mol. The van der Waals surface area contributed by atoms with Gasteiger partial charge in [0, 0.05) is 0 Å². The van der Waals surface area contributed by atoms with Crippen LogP contribution in [0.2, 0.25) is 0 Å². The van der Waals surface area contributed by atoms with Crippen LogP contribution in [0.25, 0.3) is 0 Å². The third-order valence-electron chi connectivity index (χ3n) is 7.49. The molecule has 3 aliphatic carbocycles. The van der Waals surface area contributed by atoms with E-state index >= 15 is 0 Å². The SMILES string of the molecule is CC.CCC1C2CC=C3C[C@@H](C)CCC3(C)C2CCC1(C)C. The average Bonchev–Trinajstić information content (AvgIpc) is 2.49. The molecule has 4 unspecified atom stereocenters. The van der Waals surface area contributed by atoms with Crippen LogP contribution in [0, 0.1) is 34.5 Å². The minimum absolute atomic E-state index is 0.555. The van der Waals surface area contributed by atoms with Crippen LogP contribution in [0.5, 0.6) is 0 Å². The van der Waals surface area contributed by atoms with Crippen molar-refractivity contribution in [3.05, 3.63) is 11.6 Å². The molecule has 0 aromatic rings. The van der Waals surface area contributed by atoms with Crippen LogP contribution in [-0.2, 0) is 0 Å². The molecule has 0 aromatic heterocycles. The molecular formula is C22H40. The minimum atomic E-state index is 0.555. The van der Waals surface area contributed by atoms with Gasteiger partial charge in [-0.1, -0.05) is 66.5 Å². The molecule has 0 amide bonds.